The summed E-state index contributed by atoms with van der Waals surface area (Å²) in [5, 5.41) is 9.86. The Morgan fingerprint density at radius 2 is 2.14 bits per heavy atom. The van der Waals surface area contributed by atoms with Crippen LogP contribution < -0.4 is 10.6 Å². The van der Waals surface area contributed by atoms with Gasteiger partial charge in [0.25, 0.3) is 0 Å². The molecule has 2 aromatic rings. The van der Waals surface area contributed by atoms with Gasteiger partial charge in [0.1, 0.15) is 0 Å². The lowest BCUT2D eigenvalue weighted by Crippen LogP contribution is -2.41. The Kier molecular flexibility index (Phi) is 8.34. The maximum Gasteiger partial charge on any atom is 0.191 e. The molecule has 2 heterocycles. The highest BCUT2D eigenvalue weighted by molar-refractivity contribution is 14.0. The Balaban J connectivity index is 0.00000242. The molecule has 122 valence electrons. The fourth-order valence-electron chi connectivity index (χ4n) is 1.90. The van der Waals surface area contributed by atoms with Crippen molar-refractivity contribution < 1.29 is 0 Å². The molecule has 0 aliphatic heterocycles. The second kappa shape index (κ2) is 9.46. The molecule has 0 bridgehead atoms. The lowest BCUT2D eigenvalue weighted by atomic mass is 10.3. The highest BCUT2D eigenvalue weighted by Gasteiger charge is 2.06. The summed E-state index contributed by atoms with van der Waals surface area (Å²) >= 11 is 3.51. The van der Waals surface area contributed by atoms with Crippen LogP contribution in [0.25, 0.3) is 10.6 Å². The number of aromatic nitrogens is 1. The molecule has 0 aromatic carbocycles. The molecule has 0 spiro atoms. The van der Waals surface area contributed by atoms with Gasteiger partial charge in [0.05, 0.1) is 15.6 Å². The minimum atomic E-state index is 0. The summed E-state index contributed by atoms with van der Waals surface area (Å²) in [7, 11) is 1.80. The summed E-state index contributed by atoms with van der Waals surface area (Å²) in [5.41, 5.74) is 1.10. The first kappa shape index (κ1) is 19.4. The summed E-state index contributed by atoms with van der Waals surface area (Å²) in [6.45, 7) is 7.13. The fourth-order valence-corrected chi connectivity index (χ4v) is 3.55. The molecule has 4 nitrogen and oxygen atoms in total. The Bertz CT molecular complexity index is 604. The number of rotatable bonds is 5. The second-order valence-corrected chi connectivity index (χ2v) is 7.30. The molecule has 0 radical (unpaired) electrons. The van der Waals surface area contributed by atoms with Crippen LogP contribution in [0.2, 0.25) is 0 Å². The summed E-state index contributed by atoms with van der Waals surface area (Å²) in [4.78, 5) is 11.4. The number of nitrogens with zero attached hydrogens (tertiary/aromatic N) is 2. The van der Waals surface area contributed by atoms with Crippen molar-refractivity contribution in [3.8, 4) is 10.6 Å². The van der Waals surface area contributed by atoms with Gasteiger partial charge in [0.15, 0.2) is 5.96 Å². The first-order chi connectivity index (χ1) is 10.1. The molecular weight excluding hydrogens is 427 g/mol. The van der Waals surface area contributed by atoms with Gasteiger partial charge >= 0.3 is 0 Å². The molecule has 0 atom stereocenters. The predicted octanol–water partition coefficient (Wildman–Crippen LogP) is 3.91. The minimum Gasteiger partial charge on any atom is -0.356 e. The zero-order valence-corrected chi connectivity index (χ0v) is 17.3. The van der Waals surface area contributed by atoms with Gasteiger partial charge in [-0.1, -0.05) is 0 Å². The number of aryl methyl sites for hydroxylation is 1. The van der Waals surface area contributed by atoms with E-state index in [2.05, 4.69) is 52.0 Å². The third-order valence-electron chi connectivity index (χ3n) is 2.85. The van der Waals surface area contributed by atoms with E-state index < -0.39 is 0 Å². The molecule has 2 N–H and O–H groups in total. The van der Waals surface area contributed by atoms with Crippen molar-refractivity contribution in [1.82, 2.24) is 15.6 Å². The average molecular weight is 450 g/mol. The van der Waals surface area contributed by atoms with Gasteiger partial charge in [0, 0.05) is 29.9 Å². The van der Waals surface area contributed by atoms with Crippen LogP contribution >= 0.6 is 46.7 Å². The maximum absolute atomic E-state index is 4.53. The Morgan fingerprint density at radius 1 is 1.36 bits per heavy atom. The standard InChI is InChI=1S/C15H22N4S2.HI/c1-10(2)18-15(16-4)17-8-7-12-5-6-14(21-12)13-9-20-11(3)19-13;/h5-6,9-10H,7-8H2,1-4H3,(H2,16,17,18);1H. The van der Waals surface area contributed by atoms with Crippen LogP contribution in [-0.2, 0) is 6.42 Å². The molecule has 0 saturated heterocycles. The third-order valence-corrected chi connectivity index (χ3v) is 4.79. The zero-order valence-electron chi connectivity index (χ0n) is 13.3. The number of aliphatic imine (C=N–C) groups is 1. The normalized spacial score (nSPS) is 11.4. The molecule has 0 unspecified atom stereocenters. The fraction of sp³-hybridized carbons (Fsp3) is 0.467. The maximum atomic E-state index is 4.53. The molecule has 0 aliphatic rings. The van der Waals surface area contributed by atoms with Crippen molar-refractivity contribution >= 4 is 52.6 Å². The van der Waals surface area contributed by atoms with E-state index in [1.165, 1.54) is 9.75 Å². The van der Waals surface area contributed by atoms with E-state index >= 15 is 0 Å². The van der Waals surface area contributed by atoms with Gasteiger partial charge in [-0.3, -0.25) is 4.99 Å². The number of hydrogen-bond donors (Lipinski definition) is 2. The van der Waals surface area contributed by atoms with E-state index in [0.717, 1.165) is 29.6 Å². The Labute approximate surface area is 157 Å². The van der Waals surface area contributed by atoms with Crippen LogP contribution in [0.1, 0.15) is 23.7 Å². The largest absolute Gasteiger partial charge is 0.356 e. The molecular formula is C15H23IN4S2. The van der Waals surface area contributed by atoms with Crippen molar-refractivity contribution in [2.45, 2.75) is 33.2 Å². The van der Waals surface area contributed by atoms with Gasteiger partial charge in [0.2, 0.25) is 0 Å². The van der Waals surface area contributed by atoms with Crippen molar-refractivity contribution in [2.24, 2.45) is 4.99 Å². The van der Waals surface area contributed by atoms with Gasteiger partial charge in [-0.15, -0.1) is 46.7 Å². The lowest BCUT2D eigenvalue weighted by Gasteiger charge is -2.13. The number of halogens is 1. The topological polar surface area (TPSA) is 49.3 Å². The van der Waals surface area contributed by atoms with E-state index in [-0.39, 0.29) is 24.0 Å². The smallest absolute Gasteiger partial charge is 0.191 e. The highest BCUT2D eigenvalue weighted by Crippen LogP contribution is 2.29. The van der Waals surface area contributed by atoms with E-state index in [0.29, 0.717) is 6.04 Å². The quantitative estimate of drug-likeness (QED) is 0.413. The molecule has 0 fully saturated rings. The zero-order chi connectivity index (χ0) is 15.2. The molecule has 2 aromatic heterocycles. The van der Waals surface area contributed by atoms with Gasteiger partial charge < -0.3 is 10.6 Å². The highest BCUT2D eigenvalue weighted by atomic mass is 127. The second-order valence-electron chi connectivity index (χ2n) is 5.07. The van der Waals surface area contributed by atoms with E-state index in [9.17, 15) is 0 Å². The van der Waals surface area contributed by atoms with Crippen LogP contribution in [0.4, 0.5) is 0 Å². The number of thiazole rings is 1. The van der Waals surface area contributed by atoms with Crippen molar-refractivity contribution in [3.63, 3.8) is 0 Å². The predicted molar refractivity (Wildman–Crippen MR) is 109 cm³/mol. The number of hydrogen-bond acceptors (Lipinski definition) is 4. The van der Waals surface area contributed by atoms with Crippen LogP contribution in [-0.4, -0.2) is 30.6 Å². The van der Waals surface area contributed by atoms with Crippen LogP contribution in [0.15, 0.2) is 22.5 Å². The Hall–Kier alpha value is -0.670. The van der Waals surface area contributed by atoms with E-state index in [1.807, 2.05) is 18.3 Å². The summed E-state index contributed by atoms with van der Waals surface area (Å²) in [6.07, 6.45) is 0.993. The molecule has 0 aliphatic carbocycles. The van der Waals surface area contributed by atoms with Crippen LogP contribution in [0.3, 0.4) is 0 Å². The van der Waals surface area contributed by atoms with Crippen LogP contribution in [0, 0.1) is 6.92 Å². The first-order valence-electron chi connectivity index (χ1n) is 7.07. The molecule has 2 rings (SSSR count). The lowest BCUT2D eigenvalue weighted by molar-refractivity contribution is 0.699. The van der Waals surface area contributed by atoms with E-state index in [4.69, 9.17) is 0 Å². The summed E-state index contributed by atoms with van der Waals surface area (Å²) in [6, 6.07) is 4.74. The number of thiophene rings is 1. The monoisotopic (exact) mass is 450 g/mol. The van der Waals surface area contributed by atoms with Gasteiger partial charge in [-0.05, 0) is 39.3 Å². The number of guanidine groups is 1. The first-order valence-corrected chi connectivity index (χ1v) is 8.76. The van der Waals surface area contributed by atoms with Crippen LogP contribution in [0.5, 0.6) is 0 Å². The molecule has 0 saturated carbocycles. The van der Waals surface area contributed by atoms with Crippen molar-refractivity contribution in [1.29, 1.82) is 0 Å². The summed E-state index contributed by atoms with van der Waals surface area (Å²) in [5.74, 6) is 0.858. The number of nitrogens with one attached hydrogen (secondary N) is 2. The summed E-state index contributed by atoms with van der Waals surface area (Å²) < 4.78 is 0. The molecule has 0 amide bonds. The minimum absolute atomic E-state index is 0. The van der Waals surface area contributed by atoms with Crippen molar-refractivity contribution in [3.05, 3.63) is 27.4 Å². The van der Waals surface area contributed by atoms with Gasteiger partial charge in [-0.2, -0.15) is 0 Å². The van der Waals surface area contributed by atoms with E-state index in [1.54, 1.807) is 18.4 Å². The van der Waals surface area contributed by atoms with Gasteiger partial charge in [-0.25, -0.2) is 4.98 Å². The SMILES string of the molecule is CN=C(NCCc1ccc(-c2csc(C)n2)s1)NC(C)C.I. The van der Waals surface area contributed by atoms with Crippen molar-refractivity contribution in [2.75, 3.05) is 13.6 Å². The Morgan fingerprint density at radius 3 is 2.73 bits per heavy atom. The third kappa shape index (κ3) is 5.85. The molecule has 7 heteroatoms. The average Bonchev–Trinajstić information content (AvgIpc) is 3.06. The molecule has 22 heavy (non-hydrogen) atoms.